The van der Waals surface area contributed by atoms with E-state index in [9.17, 15) is 5.11 Å². The highest BCUT2D eigenvalue weighted by atomic mass is 16.5. The fourth-order valence-corrected chi connectivity index (χ4v) is 3.87. The van der Waals surface area contributed by atoms with E-state index in [4.69, 9.17) is 9.47 Å². The number of hydrogen-bond acceptors (Lipinski definition) is 4. The Balaban J connectivity index is 1.74. The molecule has 0 amide bonds. The minimum Gasteiger partial charge on any atom is -0.382 e. The maximum absolute atomic E-state index is 11.0. The Labute approximate surface area is 156 Å². The first-order chi connectivity index (χ1) is 12.6. The van der Waals surface area contributed by atoms with Crippen LogP contribution in [-0.4, -0.2) is 55.6 Å². The van der Waals surface area contributed by atoms with Gasteiger partial charge in [0.1, 0.15) is 5.60 Å². The molecule has 4 rings (SSSR count). The molecule has 3 fully saturated rings. The van der Waals surface area contributed by atoms with Gasteiger partial charge in [-0.25, -0.2) is 0 Å². The first-order valence-corrected chi connectivity index (χ1v) is 9.42. The van der Waals surface area contributed by atoms with Gasteiger partial charge < -0.3 is 14.6 Å². The molecule has 3 aliphatic heterocycles. The summed E-state index contributed by atoms with van der Waals surface area (Å²) < 4.78 is 10.6. The molecule has 140 valence electrons. The molecule has 26 heavy (non-hydrogen) atoms. The van der Waals surface area contributed by atoms with Crippen molar-refractivity contribution >= 4 is 0 Å². The fourth-order valence-electron chi connectivity index (χ4n) is 3.87. The summed E-state index contributed by atoms with van der Waals surface area (Å²) in [6.45, 7) is 8.45. The SMILES string of the molecule is C=CCc1cc(COCCOC)ccc1C#CC1(O)CN2CCC1CC2. The Morgan fingerprint density at radius 1 is 1.35 bits per heavy atom. The summed E-state index contributed by atoms with van der Waals surface area (Å²) in [5, 5.41) is 11.0. The second-order valence-corrected chi connectivity index (χ2v) is 7.25. The highest BCUT2D eigenvalue weighted by Gasteiger charge is 2.44. The van der Waals surface area contributed by atoms with Crippen molar-refractivity contribution in [1.29, 1.82) is 0 Å². The Hall–Kier alpha value is -1.64. The Morgan fingerprint density at radius 2 is 2.15 bits per heavy atom. The van der Waals surface area contributed by atoms with Crippen LogP contribution in [0.3, 0.4) is 0 Å². The van der Waals surface area contributed by atoms with Gasteiger partial charge in [-0.3, -0.25) is 4.90 Å². The standard InChI is InChI=1S/C22H29NO3/c1-3-4-20-15-18(16-26-14-13-25-2)5-6-19(20)7-10-22(24)17-23-11-8-21(22)9-12-23/h3,5-6,15,21,24H,1,4,8-9,11-14,16-17H2,2H3. The number of methoxy groups -OCH3 is 1. The number of aliphatic hydroxyl groups is 1. The summed E-state index contributed by atoms with van der Waals surface area (Å²) in [6, 6.07) is 6.20. The molecule has 2 bridgehead atoms. The fraction of sp³-hybridized carbons (Fsp3) is 0.545. The van der Waals surface area contributed by atoms with E-state index in [1.165, 1.54) is 0 Å². The lowest BCUT2D eigenvalue weighted by Crippen LogP contribution is -2.58. The molecule has 3 aliphatic rings. The summed E-state index contributed by atoms with van der Waals surface area (Å²) >= 11 is 0. The predicted octanol–water partition coefficient (Wildman–Crippen LogP) is 2.39. The summed E-state index contributed by atoms with van der Waals surface area (Å²) in [6.07, 6.45) is 4.73. The lowest BCUT2D eigenvalue weighted by Gasteiger charge is -2.47. The number of rotatable bonds is 7. The molecule has 1 unspecified atom stereocenters. The number of fused-ring (bicyclic) bond motifs is 3. The molecule has 0 spiro atoms. The summed E-state index contributed by atoms with van der Waals surface area (Å²) in [5.74, 6) is 6.77. The van der Waals surface area contributed by atoms with Gasteiger partial charge in [-0.15, -0.1) is 6.58 Å². The van der Waals surface area contributed by atoms with Crippen molar-refractivity contribution < 1.29 is 14.6 Å². The van der Waals surface area contributed by atoms with Crippen LogP contribution in [0.1, 0.15) is 29.5 Å². The lowest BCUT2D eigenvalue weighted by molar-refractivity contribution is -0.0713. The average Bonchev–Trinajstić information content (AvgIpc) is 2.65. The first kappa shape index (κ1) is 19.1. The number of ether oxygens (including phenoxy) is 2. The van der Waals surface area contributed by atoms with Crippen LogP contribution < -0.4 is 0 Å². The first-order valence-electron chi connectivity index (χ1n) is 9.42. The van der Waals surface area contributed by atoms with Crippen LogP contribution >= 0.6 is 0 Å². The monoisotopic (exact) mass is 355 g/mol. The van der Waals surface area contributed by atoms with E-state index in [1.807, 2.05) is 18.2 Å². The van der Waals surface area contributed by atoms with Crippen LogP contribution in [0.4, 0.5) is 0 Å². The largest absolute Gasteiger partial charge is 0.382 e. The van der Waals surface area contributed by atoms with Crippen molar-refractivity contribution in [2.24, 2.45) is 5.92 Å². The second kappa shape index (κ2) is 8.83. The molecule has 1 aromatic carbocycles. The van der Waals surface area contributed by atoms with Crippen LogP contribution in [0.5, 0.6) is 0 Å². The number of allylic oxidation sites excluding steroid dienone is 1. The molecule has 4 nitrogen and oxygen atoms in total. The molecule has 1 atom stereocenters. The quantitative estimate of drug-likeness (QED) is 0.463. The Kier molecular flexibility index (Phi) is 6.50. The van der Waals surface area contributed by atoms with Crippen LogP contribution in [0, 0.1) is 17.8 Å². The molecule has 1 N–H and O–H groups in total. The Bertz CT molecular complexity index is 682. The van der Waals surface area contributed by atoms with Crippen molar-refractivity contribution in [3.8, 4) is 11.8 Å². The third-order valence-electron chi connectivity index (χ3n) is 5.38. The second-order valence-electron chi connectivity index (χ2n) is 7.25. The van der Waals surface area contributed by atoms with E-state index < -0.39 is 5.60 Å². The topological polar surface area (TPSA) is 41.9 Å². The van der Waals surface area contributed by atoms with Gasteiger partial charge >= 0.3 is 0 Å². The molecule has 0 saturated carbocycles. The maximum Gasteiger partial charge on any atom is 0.141 e. The van der Waals surface area contributed by atoms with E-state index in [0.29, 0.717) is 32.3 Å². The van der Waals surface area contributed by atoms with Gasteiger partial charge in [-0.05, 0) is 49.5 Å². The highest BCUT2D eigenvalue weighted by molar-refractivity contribution is 5.45. The van der Waals surface area contributed by atoms with E-state index in [2.05, 4.69) is 29.4 Å². The predicted molar refractivity (Wildman–Crippen MR) is 103 cm³/mol. The molecule has 0 radical (unpaired) electrons. The highest BCUT2D eigenvalue weighted by Crippen LogP contribution is 2.35. The molecule has 0 aliphatic carbocycles. The van der Waals surface area contributed by atoms with Crippen LogP contribution in [0.2, 0.25) is 0 Å². The van der Waals surface area contributed by atoms with Gasteiger partial charge in [0.15, 0.2) is 0 Å². The zero-order chi connectivity index (χ0) is 18.4. The van der Waals surface area contributed by atoms with Gasteiger partial charge in [0.05, 0.1) is 19.8 Å². The lowest BCUT2D eigenvalue weighted by atomic mass is 9.75. The Morgan fingerprint density at radius 3 is 2.81 bits per heavy atom. The minimum absolute atomic E-state index is 0.302. The molecule has 1 aromatic rings. The van der Waals surface area contributed by atoms with E-state index >= 15 is 0 Å². The molecule has 0 aromatic heterocycles. The number of hydrogen-bond donors (Lipinski definition) is 1. The molecule has 3 saturated heterocycles. The summed E-state index contributed by atoms with van der Waals surface area (Å²) in [5.41, 5.74) is 2.34. The van der Waals surface area contributed by atoms with Gasteiger partial charge in [0, 0.05) is 25.1 Å². The van der Waals surface area contributed by atoms with E-state index in [0.717, 1.165) is 49.0 Å². The average molecular weight is 355 g/mol. The van der Waals surface area contributed by atoms with Crippen molar-refractivity contribution in [1.82, 2.24) is 4.90 Å². The number of piperidine rings is 3. The third-order valence-corrected chi connectivity index (χ3v) is 5.38. The van der Waals surface area contributed by atoms with Crippen molar-refractivity contribution in [3.63, 3.8) is 0 Å². The van der Waals surface area contributed by atoms with E-state index in [1.54, 1.807) is 7.11 Å². The van der Waals surface area contributed by atoms with Gasteiger partial charge in [-0.1, -0.05) is 30.0 Å². The zero-order valence-corrected chi connectivity index (χ0v) is 15.7. The molecule has 3 heterocycles. The molecular formula is C22H29NO3. The smallest absolute Gasteiger partial charge is 0.141 e. The molecular weight excluding hydrogens is 326 g/mol. The normalized spacial score (nSPS) is 27.0. The molecule has 4 heteroatoms. The van der Waals surface area contributed by atoms with Crippen LogP contribution in [-0.2, 0) is 22.5 Å². The number of benzene rings is 1. The van der Waals surface area contributed by atoms with Crippen molar-refractivity contribution in [3.05, 3.63) is 47.5 Å². The van der Waals surface area contributed by atoms with Crippen LogP contribution in [0.15, 0.2) is 30.9 Å². The van der Waals surface area contributed by atoms with Crippen LogP contribution in [0.25, 0.3) is 0 Å². The minimum atomic E-state index is -0.871. The number of nitrogens with zero attached hydrogens (tertiary/aromatic N) is 1. The van der Waals surface area contributed by atoms with Crippen molar-refractivity contribution in [2.45, 2.75) is 31.5 Å². The summed E-state index contributed by atoms with van der Waals surface area (Å²) in [4.78, 5) is 2.32. The van der Waals surface area contributed by atoms with Crippen molar-refractivity contribution in [2.75, 3.05) is 40.0 Å². The maximum atomic E-state index is 11.0. The zero-order valence-electron chi connectivity index (χ0n) is 15.7. The summed E-state index contributed by atoms with van der Waals surface area (Å²) in [7, 11) is 1.67. The van der Waals surface area contributed by atoms with E-state index in [-0.39, 0.29) is 0 Å². The third kappa shape index (κ3) is 4.55. The van der Waals surface area contributed by atoms with Gasteiger partial charge in [0.2, 0.25) is 0 Å². The van der Waals surface area contributed by atoms with Gasteiger partial charge in [0.25, 0.3) is 0 Å². The van der Waals surface area contributed by atoms with Gasteiger partial charge in [-0.2, -0.15) is 0 Å².